The maximum atomic E-state index is 5.04. The van der Waals surface area contributed by atoms with E-state index in [0.717, 1.165) is 50.8 Å². The fraction of sp³-hybridized carbons (Fsp3) is 0.0270. The monoisotopic (exact) mass is 526 g/mol. The van der Waals surface area contributed by atoms with Gasteiger partial charge in [0.1, 0.15) is 0 Å². The highest BCUT2D eigenvalue weighted by atomic mass is 15.2. The van der Waals surface area contributed by atoms with Gasteiger partial charge in [0.2, 0.25) is 5.95 Å². The molecule has 41 heavy (non-hydrogen) atoms. The molecule has 0 saturated carbocycles. The van der Waals surface area contributed by atoms with E-state index in [1.807, 2.05) is 30.5 Å². The summed E-state index contributed by atoms with van der Waals surface area (Å²) >= 11 is 0. The number of allylic oxidation sites excluding steroid dienone is 6. The molecule has 0 unspecified atom stereocenters. The number of fused-ring (bicyclic) bond motifs is 7. The summed E-state index contributed by atoms with van der Waals surface area (Å²) < 4.78 is 4.55. The van der Waals surface area contributed by atoms with Gasteiger partial charge in [0.25, 0.3) is 0 Å². The second kappa shape index (κ2) is 9.32. The lowest BCUT2D eigenvalue weighted by Crippen LogP contribution is -2.06. The van der Waals surface area contributed by atoms with Crippen LogP contribution >= 0.6 is 0 Å². The van der Waals surface area contributed by atoms with E-state index in [1.165, 1.54) is 21.7 Å². The normalized spacial score (nSPS) is 16.6. The Morgan fingerprint density at radius 3 is 2.05 bits per heavy atom. The van der Waals surface area contributed by atoms with E-state index < -0.39 is 0 Å². The maximum Gasteiger partial charge on any atom is 0.235 e. The molecule has 4 aromatic carbocycles. The number of aromatic nitrogens is 4. The molecule has 194 valence electrons. The zero-order valence-corrected chi connectivity index (χ0v) is 22.4. The summed E-state index contributed by atoms with van der Waals surface area (Å²) in [6.45, 7) is 4.56. The van der Waals surface area contributed by atoms with Crippen LogP contribution in [0.15, 0.2) is 140 Å². The lowest BCUT2D eigenvalue weighted by molar-refractivity contribution is 0.962. The Balaban J connectivity index is 1.51. The van der Waals surface area contributed by atoms with Gasteiger partial charge in [-0.15, -0.1) is 0 Å². The van der Waals surface area contributed by atoms with Crippen molar-refractivity contribution in [1.29, 1.82) is 0 Å². The third-order valence-corrected chi connectivity index (χ3v) is 7.99. The quantitative estimate of drug-likeness (QED) is 0.225. The first-order valence-electron chi connectivity index (χ1n) is 13.9. The minimum Gasteiger partial charge on any atom is -0.309 e. The number of nitrogens with zero attached hydrogens (tertiary/aromatic N) is 4. The fourth-order valence-electron chi connectivity index (χ4n) is 6.11. The van der Waals surface area contributed by atoms with E-state index in [4.69, 9.17) is 9.97 Å². The third kappa shape index (κ3) is 3.69. The molecule has 3 aromatic heterocycles. The van der Waals surface area contributed by atoms with Crippen molar-refractivity contribution in [2.75, 3.05) is 0 Å². The molecule has 0 radical (unpaired) electrons. The minimum absolute atomic E-state index is 0.654. The molecule has 4 nitrogen and oxygen atoms in total. The first-order chi connectivity index (χ1) is 20.3. The summed E-state index contributed by atoms with van der Waals surface area (Å²) in [4.78, 5) is 9.91. The standard InChI is InChI=1S/C37H26N4/c1-25-13-3-2-4-15-30-29-18-8-12-22-34(29)41(37-38-24-26-14-5-9-19-31(26)39-37)36(30)23-35(25)40-32-20-10-6-16-27(32)28-17-7-11-21-33(28)40/h2-14,16-24H,1,15H2/b4-2-,13-3-,35-23+. The molecule has 0 bridgehead atoms. The topological polar surface area (TPSA) is 35.6 Å². The van der Waals surface area contributed by atoms with Crippen molar-refractivity contribution >= 4 is 55.4 Å². The smallest absolute Gasteiger partial charge is 0.235 e. The highest BCUT2D eigenvalue weighted by molar-refractivity contribution is 6.12. The van der Waals surface area contributed by atoms with E-state index in [-0.39, 0.29) is 0 Å². The van der Waals surface area contributed by atoms with Gasteiger partial charge in [0.15, 0.2) is 0 Å². The Kier molecular flexibility index (Phi) is 5.32. The van der Waals surface area contributed by atoms with Crippen LogP contribution in [0.3, 0.4) is 0 Å². The molecule has 0 amide bonds. The van der Waals surface area contributed by atoms with Crippen LogP contribution in [0.4, 0.5) is 0 Å². The van der Waals surface area contributed by atoms with Gasteiger partial charge in [-0.25, -0.2) is 9.97 Å². The van der Waals surface area contributed by atoms with Crippen molar-refractivity contribution in [2.45, 2.75) is 6.42 Å². The molecule has 4 heteroatoms. The van der Waals surface area contributed by atoms with E-state index in [9.17, 15) is 0 Å². The fourth-order valence-corrected chi connectivity index (χ4v) is 6.11. The van der Waals surface area contributed by atoms with E-state index >= 15 is 0 Å². The van der Waals surface area contributed by atoms with Crippen LogP contribution in [0.25, 0.3) is 61.3 Å². The summed E-state index contributed by atoms with van der Waals surface area (Å²) in [7, 11) is 0. The first kappa shape index (κ1) is 23.4. The molecule has 1 aliphatic rings. The lowest BCUT2D eigenvalue weighted by atomic mass is 10.0. The Hall–Kier alpha value is -5.48. The molecule has 0 saturated heterocycles. The van der Waals surface area contributed by atoms with Crippen LogP contribution < -0.4 is 0 Å². The summed E-state index contributed by atoms with van der Waals surface area (Å²) in [5.41, 5.74) is 8.51. The molecule has 7 aromatic rings. The van der Waals surface area contributed by atoms with Gasteiger partial charge < -0.3 is 4.57 Å². The van der Waals surface area contributed by atoms with Gasteiger partial charge in [0, 0.05) is 27.7 Å². The predicted molar refractivity (Wildman–Crippen MR) is 171 cm³/mol. The van der Waals surface area contributed by atoms with Gasteiger partial charge in [-0.3, -0.25) is 4.57 Å². The molecule has 0 atom stereocenters. The molecule has 0 N–H and O–H groups in total. The van der Waals surface area contributed by atoms with Crippen LogP contribution in [-0.4, -0.2) is 19.1 Å². The van der Waals surface area contributed by atoms with Crippen molar-refractivity contribution in [3.05, 3.63) is 151 Å². The molecule has 0 spiro atoms. The van der Waals surface area contributed by atoms with Crippen molar-refractivity contribution in [1.82, 2.24) is 19.1 Å². The summed E-state index contributed by atoms with van der Waals surface area (Å²) in [5.74, 6) is 0.654. The number of para-hydroxylation sites is 4. The van der Waals surface area contributed by atoms with Crippen molar-refractivity contribution in [3.8, 4) is 5.95 Å². The molecule has 8 rings (SSSR count). The van der Waals surface area contributed by atoms with Gasteiger partial charge >= 0.3 is 0 Å². The molecular weight excluding hydrogens is 500 g/mol. The first-order valence-corrected chi connectivity index (χ1v) is 13.9. The Bertz CT molecular complexity index is 2200. The largest absolute Gasteiger partial charge is 0.309 e. The predicted octanol–water partition coefficient (Wildman–Crippen LogP) is 8.90. The van der Waals surface area contributed by atoms with E-state index in [2.05, 4.69) is 119 Å². The summed E-state index contributed by atoms with van der Waals surface area (Å²) in [5, 5.41) is 4.65. The average Bonchev–Trinajstić information content (AvgIpc) is 3.52. The average molecular weight is 527 g/mol. The molecule has 1 aliphatic carbocycles. The molecule has 3 heterocycles. The minimum atomic E-state index is 0.654. The number of hydrogen-bond donors (Lipinski definition) is 0. The Morgan fingerprint density at radius 2 is 1.29 bits per heavy atom. The van der Waals surface area contributed by atoms with Gasteiger partial charge in [-0.1, -0.05) is 104 Å². The van der Waals surface area contributed by atoms with Crippen LogP contribution in [0.5, 0.6) is 0 Å². The SMILES string of the molecule is C=C1/C=C\C=C/Cc2c(n(-c3ncc4ccccc4n3)c3ccccc23)/C=C\1n1c2ccccc2c2ccccc21. The van der Waals surface area contributed by atoms with Crippen molar-refractivity contribution in [3.63, 3.8) is 0 Å². The van der Waals surface area contributed by atoms with E-state index in [1.54, 1.807) is 0 Å². The number of hydrogen-bond acceptors (Lipinski definition) is 2. The van der Waals surface area contributed by atoms with E-state index in [0.29, 0.717) is 5.95 Å². The highest BCUT2D eigenvalue weighted by Crippen LogP contribution is 2.37. The summed E-state index contributed by atoms with van der Waals surface area (Å²) in [6, 6.07) is 33.9. The second-order valence-corrected chi connectivity index (χ2v) is 10.4. The Labute approximate surface area is 237 Å². The highest BCUT2D eigenvalue weighted by Gasteiger charge is 2.21. The lowest BCUT2D eigenvalue weighted by Gasteiger charge is -2.16. The van der Waals surface area contributed by atoms with Crippen molar-refractivity contribution < 1.29 is 0 Å². The summed E-state index contributed by atoms with van der Waals surface area (Å²) in [6.07, 6.45) is 13.5. The number of rotatable bonds is 2. The zero-order chi connectivity index (χ0) is 27.3. The van der Waals surface area contributed by atoms with Gasteiger partial charge in [0.05, 0.1) is 33.5 Å². The van der Waals surface area contributed by atoms with Crippen LogP contribution in [0, 0.1) is 0 Å². The number of benzene rings is 4. The zero-order valence-electron chi connectivity index (χ0n) is 22.4. The van der Waals surface area contributed by atoms with Crippen LogP contribution in [-0.2, 0) is 6.42 Å². The molecule has 0 aliphatic heterocycles. The van der Waals surface area contributed by atoms with Crippen LogP contribution in [0.1, 0.15) is 11.3 Å². The second-order valence-electron chi connectivity index (χ2n) is 10.4. The van der Waals surface area contributed by atoms with Crippen LogP contribution in [0.2, 0.25) is 0 Å². The maximum absolute atomic E-state index is 5.04. The van der Waals surface area contributed by atoms with Crippen molar-refractivity contribution in [2.24, 2.45) is 0 Å². The van der Waals surface area contributed by atoms with Gasteiger partial charge in [-0.2, -0.15) is 0 Å². The van der Waals surface area contributed by atoms with Gasteiger partial charge in [-0.05, 0) is 47.9 Å². The third-order valence-electron chi connectivity index (χ3n) is 7.99. The Morgan fingerprint density at radius 1 is 0.659 bits per heavy atom. The molecule has 0 fully saturated rings. The molecular formula is C37H26N4.